The van der Waals surface area contributed by atoms with Gasteiger partial charge < -0.3 is 23.7 Å². The van der Waals surface area contributed by atoms with E-state index in [4.69, 9.17) is 25.5 Å². The summed E-state index contributed by atoms with van der Waals surface area (Å²) in [5.41, 5.74) is 0. The number of hydrogen-bond donors (Lipinski definition) is 0. The lowest BCUT2D eigenvalue weighted by atomic mass is 10.2. The van der Waals surface area contributed by atoms with Crippen LogP contribution in [0.5, 0.6) is 5.75 Å². The van der Waals surface area contributed by atoms with Crippen LogP contribution in [0, 0.1) is 0 Å². The van der Waals surface area contributed by atoms with Crippen molar-refractivity contribution < 1.29 is 23.5 Å². The fourth-order valence-corrected chi connectivity index (χ4v) is 3.72. The molecule has 1 aliphatic rings. The first kappa shape index (κ1) is 24.1. The van der Waals surface area contributed by atoms with E-state index in [-0.39, 0.29) is 37.1 Å². The predicted octanol–water partition coefficient (Wildman–Crippen LogP) is 4.15. The first-order valence-electron chi connectivity index (χ1n) is 11.1. The van der Waals surface area contributed by atoms with Crippen molar-refractivity contribution in [3.8, 4) is 5.75 Å². The van der Waals surface area contributed by atoms with E-state index in [0.717, 1.165) is 19.3 Å². The Morgan fingerprint density at radius 1 is 1.22 bits per heavy atom. The van der Waals surface area contributed by atoms with Gasteiger partial charge in [0.1, 0.15) is 18.1 Å². The molecule has 2 atom stereocenters. The molecule has 7 nitrogen and oxygen atoms in total. The number of rotatable bonds is 11. The van der Waals surface area contributed by atoms with Crippen LogP contribution in [0.2, 0.25) is 5.02 Å². The molecule has 0 N–H and O–H groups in total. The summed E-state index contributed by atoms with van der Waals surface area (Å²) in [6, 6.07) is 10.4. The number of carbonyl (C=O) groups is 2. The van der Waals surface area contributed by atoms with Crippen LogP contribution in [0.1, 0.15) is 38.9 Å². The van der Waals surface area contributed by atoms with Gasteiger partial charge in [-0.3, -0.25) is 9.59 Å². The summed E-state index contributed by atoms with van der Waals surface area (Å²) in [5, 5.41) is 0.596. The number of benzene rings is 1. The van der Waals surface area contributed by atoms with E-state index in [0.29, 0.717) is 36.2 Å². The summed E-state index contributed by atoms with van der Waals surface area (Å²) in [6.07, 6.45) is 4.24. The first-order valence-corrected chi connectivity index (χ1v) is 11.4. The van der Waals surface area contributed by atoms with Crippen LogP contribution in [0.3, 0.4) is 0 Å². The van der Waals surface area contributed by atoms with E-state index in [1.807, 2.05) is 19.9 Å². The highest BCUT2D eigenvalue weighted by molar-refractivity contribution is 6.30. The minimum absolute atomic E-state index is 0.00917. The molecule has 0 aliphatic carbocycles. The number of hydrogen-bond acceptors (Lipinski definition) is 5. The Morgan fingerprint density at radius 3 is 2.62 bits per heavy atom. The standard InChI is InChI=1S/C24H31ClN2O5/c1-3-18(2)27(24(29)17-32-20-10-8-19(25)9-11-20)16-23(28)26(14-21-6-4-12-30-21)15-22-7-5-13-31-22/h4,6,8-12,18,22H,3,5,7,13-17H2,1-2H3. The van der Waals surface area contributed by atoms with Crippen molar-refractivity contribution in [2.75, 3.05) is 26.3 Å². The number of furan rings is 1. The van der Waals surface area contributed by atoms with Crippen LogP contribution in [0.15, 0.2) is 47.1 Å². The van der Waals surface area contributed by atoms with Gasteiger partial charge in [0.15, 0.2) is 6.61 Å². The topological polar surface area (TPSA) is 72.2 Å². The molecule has 0 spiro atoms. The molecular weight excluding hydrogens is 432 g/mol. The molecular formula is C24H31ClN2O5. The first-order chi connectivity index (χ1) is 15.5. The molecule has 1 fully saturated rings. The fourth-order valence-electron chi connectivity index (χ4n) is 3.59. The van der Waals surface area contributed by atoms with Gasteiger partial charge in [0.2, 0.25) is 5.91 Å². The lowest BCUT2D eigenvalue weighted by molar-refractivity contribution is -0.144. The maximum atomic E-state index is 13.3. The van der Waals surface area contributed by atoms with Crippen LogP contribution in [0.25, 0.3) is 0 Å². The summed E-state index contributed by atoms with van der Waals surface area (Å²) in [4.78, 5) is 29.6. The van der Waals surface area contributed by atoms with Gasteiger partial charge in [0.05, 0.1) is 18.9 Å². The van der Waals surface area contributed by atoms with Crippen molar-refractivity contribution in [3.63, 3.8) is 0 Å². The molecule has 2 heterocycles. The number of amides is 2. The van der Waals surface area contributed by atoms with Crippen molar-refractivity contribution in [3.05, 3.63) is 53.4 Å². The molecule has 3 rings (SSSR count). The summed E-state index contributed by atoms with van der Waals surface area (Å²) in [6.45, 7) is 5.28. The lowest BCUT2D eigenvalue weighted by Gasteiger charge is -2.31. The third kappa shape index (κ3) is 7.00. The zero-order valence-electron chi connectivity index (χ0n) is 18.7. The SMILES string of the molecule is CCC(C)N(CC(=O)N(Cc1ccco1)CC1CCCO1)C(=O)COc1ccc(Cl)cc1. The van der Waals surface area contributed by atoms with E-state index in [2.05, 4.69) is 0 Å². The monoisotopic (exact) mass is 462 g/mol. The third-order valence-corrected chi connectivity index (χ3v) is 5.90. The van der Waals surface area contributed by atoms with Crippen molar-refractivity contribution >= 4 is 23.4 Å². The zero-order valence-corrected chi connectivity index (χ0v) is 19.4. The minimum atomic E-state index is -0.238. The normalized spacial score (nSPS) is 16.5. The molecule has 8 heteroatoms. The van der Waals surface area contributed by atoms with E-state index < -0.39 is 0 Å². The lowest BCUT2D eigenvalue weighted by Crippen LogP contribution is -2.49. The second-order valence-corrected chi connectivity index (χ2v) is 8.45. The highest BCUT2D eigenvalue weighted by Crippen LogP contribution is 2.18. The summed E-state index contributed by atoms with van der Waals surface area (Å²) >= 11 is 5.90. The number of carbonyl (C=O) groups excluding carboxylic acids is 2. The van der Waals surface area contributed by atoms with Crippen molar-refractivity contribution in [1.82, 2.24) is 9.80 Å². The summed E-state index contributed by atoms with van der Waals surface area (Å²) < 4.78 is 16.8. The Labute approximate surface area is 194 Å². The molecule has 2 unspecified atom stereocenters. The van der Waals surface area contributed by atoms with Crippen molar-refractivity contribution in [1.29, 1.82) is 0 Å². The van der Waals surface area contributed by atoms with Gasteiger partial charge in [-0.25, -0.2) is 0 Å². The average Bonchev–Trinajstić information content (AvgIpc) is 3.50. The second kappa shape index (κ2) is 11.9. The third-order valence-electron chi connectivity index (χ3n) is 5.65. The average molecular weight is 463 g/mol. The van der Waals surface area contributed by atoms with Crippen molar-refractivity contribution in [2.45, 2.75) is 51.8 Å². The van der Waals surface area contributed by atoms with Crippen LogP contribution in [-0.2, 0) is 20.9 Å². The van der Waals surface area contributed by atoms with Crippen LogP contribution in [-0.4, -0.2) is 60.1 Å². The number of halogens is 1. The quantitative estimate of drug-likeness (QED) is 0.501. The Balaban J connectivity index is 1.65. The molecule has 1 aliphatic heterocycles. The number of nitrogens with zero attached hydrogens (tertiary/aromatic N) is 2. The molecule has 1 aromatic heterocycles. The fraction of sp³-hybridized carbons (Fsp3) is 0.500. The molecule has 1 aromatic carbocycles. The second-order valence-electron chi connectivity index (χ2n) is 8.01. The van der Waals surface area contributed by atoms with Gasteiger partial charge in [-0.05, 0) is 62.6 Å². The van der Waals surface area contributed by atoms with Gasteiger partial charge in [-0.15, -0.1) is 0 Å². The molecule has 0 radical (unpaired) electrons. The van der Waals surface area contributed by atoms with E-state index >= 15 is 0 Å². The van der Waals surface area contributed by atoms with Gasteiger partial charge >= 0.3 is 0 Å². The van der Waals surface area contributed by atoms with Crippen LogP contribution < -0.4 is 4.74 Å². The minimum Gasteiger partial charge on any atom is -0.484 e. The number of ether oxygens (including phenoxy) is 2. The van der Waals surface area contributed by atoms with E-state index in [1.54, 1.807) is 46.4 Å². The van der Waals surface area contributed by atoms with Gasteiger partial charge in [-0.2, -0.15) is 0 Å². The smallest absolute Gasteiger partial charge is 0.261 e. The molecule has 1 saturated heterocycles. The van der Waals surface area contributed by atoms with Crippen LogP contribution in [0.4, 0.5) is 0 Å². The van der Waals surface area contributed by atoms with E-state index in [9.17, 15) is 9.59 Å². The summed E-state index contributed by atoms with van der Waals surface area (Å²) in [5.74, 6) is 0.870. The Kier molecular flexibility index (Phi) is 9.00. The molecule has 32 heavy (non-hydrogen) atoms. The maximum Gasteiger partial charge on any atom is 0.261 e. The largest absolute Gasteiger partial charge is 0.484 e. The van der Waals surface area contributed by atoms with Crippen LogP contribution >= 0.6 is 11.6 Å². The highest BCUT2D eigenvalue weighted by Gasteiger charge is 2.28. The predicted molar refractivity (Wildman–Crippen MR) is 122 cm³/mol. The Bertz CT molecular complexity index is 850. The van der Waals surface area contributed by atoms with Crippen molar-refractivity contribution in [2.24, 2.45) is 0 Å². The molecule has 2 amide bonds. The Morgan fingerprint density at radius 2 is 2.00 bits per heavy atom. The molecule has 174 valence electrons. The van der Waals surface area contributed by atoms with Gasteiger partial charge in [0, 0.05) is 24.2 Å². The molecule has 0 bridgehead atoms. The van der Waals surface area contributed by atoms with Gasteiger partial charge in [-0.1, -0.05) is 18.5 Å². The Hall–Kier alpha value is -2.51. The highest BCUT2D eigenvalue weighted by atomic mass is 35.5. The maximum absolute atomic E-state index is 13.3. The van der Waals surface area contributed by atoms with E-state index in [1.165, 1.54) is 0 Å². The molecule has 2 aromatic rings. The van der Waals surface area contributed by atoms with Gasteiger partial charge in [0.25, 0.3) is 5.91 Å². The zero-order chi connectivity index (χ0) is 22.9. The summed E-state index contributed by atoms with van der Waals surface area (Å²) in [7, 11) is 0. The molecule has 0 saturated carbocycles.